The number of hydrogen-bond donors (Lipinski definition) is 1. The summed E-state index contributed by atoms with van der Waals surface area (Å²) in [6.07, 6.45) is 1.85. The molecule has 0 radical (unpaired) electrons. The summed E-state index contributed by atoms with van der Waals surface area (Å²) in [6, 6.07) is 0. The maximum atomic E-state index is 5.41. The molecule has 13 heavy (non-hydrogen) atoms. The van der Waals surface area contributed by atoms with E-state index in [-0.39, 0.29) is 0 Å². The van der Waals surface area contributed by atoms with E-state index < -0.39 is 0 Å². The largest absolute Gasteiger partial charge is 0.330 e. The first-order valence-electron chi connectivity index (χ1n) is 4.69. The molecule has 2 N–H and O–H groups in total. The first kappa shape index (κ1) is 10.1. The van der Waals surface area contributed by atoms with Crippen molar-refractivity contribution in [3.8, 4) is 0 Å². The summed E-state index contributed by atoms with van der Waals surface area (Å²) >= 11 is 0. The minimum absolute atomic E-state index is 0.586. The fourth-order valence-corrected chi connectivity index (χ4v) is 1.15. The van der Waals surface area contributed by atoms with E-state index in [9.17, 15) is 0 Å². The van der Waals surface area contributed by atoms with Crippen LogP contribution in [0.3, 0.4) is 0 Å². The molecule has 0 amide bonds. The molecule has 1 heterocycles. The average Bonchev–Trinajstić information content (AvgIpc) is 2.48. The van der Waals surface area contributed by atoms with Gasteiger partial charge in [0.05, 0.1) is 0 Å². The summed E-state index contributed by atoms with van der Waals surface area (Å²) in [5, 5.41) is 11.5. The number of aromatic nitrogens is 4. The highest BCUT2D eigenvalue weighted by molar-refractivity contribution is 4.82. The molecule has 0 fully saturated rings. The number of aryl methyl sites for hydroxylation is 1. The SMILES string of the molecule is CC(C)Cc1nnnn1CCCN. The number of rotatable bonds is 5. The standard InChI is InChI=1S/C8H17N5/c1-7(2)6-8-10-11-12-13(8)5-3-4-9/h7H,3-6,9H2,1-2H3. The Morgan fingerprint density at radius 2 is 2.23 bits per heavy atom. The number of tetrazole rings is 1. The second kappa shape index (κ2) is 4.91. The van der Waals surface area contributed by atoms with Crippen LogP contribution in [0.2, 0.25) is 0 Å². The topological polar surface area (TPSA) is 69.6 Å². The lowest BCUT2D eigenvalue weighted by molar-refractivity contribution is 0.516. The fraction of sp³-hybridized carbons (Fsp3) is 0.875. The van der Waals surface area contributed by atoms with Crippen molar-refractivity contribution >= 4 is 0 Å². The zero-order valence-electron chi connectivity index (χ0n) is 8.27. The molecule has 0 unspecified atom stereocenters. The minimum Gasteiger partial charge on any atom is -0.330 e. The Morgan fingerprint density at radius 1 is 1.46 bits per heavy atom. The van der Waals surface area contributed by atoms with Crippen molar-refractivity contribution in [2.75, 3.05) is 6.54 Å². The van der Waals surface area contributed by atoms with E-state index in [1.165, 1.54) is 0 Å². The second-order valence-electron chi connectivity index (χ2n) is 3.56. The molecule has 0 bridgehead atoms. The summed E-state index contributed by atoms with van der Waals surface area (Å²) in [5.74, 6) is 1.55. The maximum Gasteiger partial charge on any atom is 0.151 e. The monoisotopic (exact) mass is 183 g/mol. The Labute approximate surface area is 78.3 Å². The van der Waals surface area contributed by atoms with Gasteiger partial charge in [-0.15, -0.1) is 5.10 Å². The lowest BCUT2D eigenvalue weighted by Crippen LogP contribution is -2.11. The van der Waals surface area contributed by atoms with Gasteiger partial charge in [0.15, 0.2) is 5.82 Å². The zero-order chi connectivity index (χ0) is 9.68. The van der Waals surface area contributed by atoms with Crippen LogP contribution in [0, 0.1) is 5.92 Å². The van der Waals surface area contributed by atoms with E-state index in [2.05, 4.69) is 29.4 Å². The quantitative estimate of drug-likeness (QED) is 0.709. The van der Waals surface area contributed by atoms with Gasteiger partial charge in [-0.05, 0) is 29.3 Å². The van der Waals surface area contributed by atoms with E-state index in [1.807, 2.05) is 4.68 Å². The molecule has 0 saturated carbocycles. The summed E-state index contributed by atoms with van der Waals surface area (Å²) in [7, 11) is 0. The highest BCUT2D eigenvalue weighted by Gasteiger charge is 2.06. The lowest BCUT2D eigenvalue weighted by Gasteiger charge is -2.04. The van der Waals surface area contributed by atoms with Crippen molar-refractivity contribution in [1.29, 1.82) is 0 Å². The van der Waals surface area contributed by atoms with Crippen LogP contribution in [0.5, 0.6) is 0 Å². The highest BCUT2D eigenvalue weighted by Crippen LogP contribution is 2.03. The van der Waals surface area contributed by atoms with Gasteiger partial charge in [-0.1, -0.05) is 13.8 Å². The molecule has 0 aliphatic carbocycles. The van der Waals surface area contributed by atoms with Gasteiger partial charge in [-0.3, -0.25) is 0 Å². The predicted octanol–water partition coefficient (Wildman–Crippen LogP) is 0.220. The Morgan fingerprint density at radius 3 is 2.85 bits per heavy atom. The van der Waals surface area contributed by atoms with Crippen LogP contribution in [0.1, 0.15) is 26.1 Å². The number of hydrogen-bond acceptors (Lipinski definition) is 4. The fourth-order valence-electron chi connectivity index (χ4n) is 1.15. The molecule has 0 aliphatic rings. The average molecular weight is 183 g/mol. The van der Waals surface area contributed by atoms with Crippen molar-refractivity contribution in [2.24, 2.45) is 11.7 Å². The van der Waals surface area contributed by atoms with Crippen LogP contribution in [-0.2, 0) is 13.0 Å². The summed E-state index contributed by atoms with van der Waals surface area (Å²) in [6.45, 7) is 5.82. The van der Waals surface area contributed by atoms with E-state index in [1.54, 1.807) is 0 Å². The van der Waals surface area contributed by atoms with Crippen LogP contribution in [0.25, 0.3) is 0 Å². The molecule has 0 atom stereocenters. The Kier molecular flexibility index (Phi) is 3.82. The molecule has 1 aromatic heterocycles. The van der Waals surface area contributed by atoms with Gasteiger partial charge in [0, 0.05) is 13.0 Å². The molecule has 5 nitrogen and oxygen atoms in total. The van der Waals surface area contributed by atoms with Crippen LogP contribution >= 0.6 is 0 Å². The van der Waals surface area contributed by atoms with E-state index in [0.29, 0.717) is 12.5 Å². The normalized spacial score (nSPS) is 11.1. The van der Waals surface area contributed by atoms with Crippen molar-refractivity contribution in [3.05, 3.63) is 5.82 Å². The molecular weight excluding hydrogens is 166 g/mol. The summed E-state index contributed by atoms with van der Waals surface area (Å²) in [4.78, 5) is 0. The molecular formula is C8H17N5. The van der Waals surface area contributed by atoms with Gasteiger partial charge in [-0.25, -0.2) is 4.68 Å². The van der Waals surface area contributed by atoms with Gasteiger partial charge >= 0.3 is 0 Å². The first-order valence-corrected chi connectivity index (χ1v) is 4.69. The smallest absolute Gasteiger partial charge is 0.151 e. The lowest BCUT2D eigenvalue weighted by atomic mass is 10.1. The summed E-state index contributed by atoms with van der Waals surface area (Å²) in [5.41, 5.74) is 5.41. The first-order chi connectivity index (χ1) is 6.24. The van der Waals surface area contributed by atoms with Gasteiger partial charge in [-0.2, -0.15) is 0 Å². The third-order valence-electron chi connectivity index (χ3n) is 1.77. The van der Waals surface area contributed by atoms with Crippen LogP contribution in [-0.4, -0.2) is 26.8 Å². The van der Waals surface area contributed by atoms with Crippen molar-refractivity contribution in [1.82, 2.24) is 20.2 Å². The van der Waals surface area contributed by atoms with Crippen molar-refractivity contribution in [2.45, 2.75) is 33.2 Å². The second-order valence-corrected chi connectivity index (χ2v) is 3.56. The molecule has 0 aromatic carbocycles. The molecule has 74 valence electrons. The van der Waals surface area contributed by atoms with Crippen molar-refractivity contribution in [3.63, 3.8) is 0 Å². The predicted molar refractivity (Wildman–Crippen MR) is 50.0 cm³/mol. The van der Waals surface area contributed by atoms with Gasteiger partial charge in [0.2, 0.25) is 0 Å². The van der Waals surface area contributed by atoms with Crippen LogP contribution in [0.15, 0.2) is 0 Å². The van der Waals surface area contributed by atoms with Crippen LogP contribution < -0.4 is 5.73 Å². The maximum absolute atomic E-state index is 5.41. The van der Waals surface area contributed by atoms with Crippen molar-refractivity contribution < 1.29 is 0 Å². The Balaban J connectivity index is 2.55. The molecule has 0 spiro atoms. The van der Waals surface area contributed by atoms with E-state index in [4.69, 9.17) is 5.73 Å². The van der Waals surface area contributed by atoms with Gasteiger partial charge < -0.3 is 5.73 Å². The molecule has 0 saturated heterocycles. The number of nitrogens with zero attached hydrogens (tertiary/aromatic N) is 4. The van der Waals surface area contributed by atoms with E-state index in [0.717, 1.165) is 25.2 Å². The highest BCUT2D eigenvalue weighted by atomic mass is 15.5. The van der Waals surface area contributed by atoms with Gasteiger partial charge in [0.1, 0.15) is 0 Å². The van der Waals surface area contributed by atoms with E-state index >= 15 is 0 Å². The number of nitrogens with two attached hydrogens (primary N) is 1. The minimum atomic E-state index is 0.586. The molecule has 5 heteroatoms. The Bertz CT molecular complexity index is 242. The third-order valence-corrected chi connectivity index (χ3v) is 1.77. The zero-order valence-corrected chi connectivity index (χ0v) is 8.27. The summed E-state index contributed by atoms with van der Waals surface area (Å²) < 4.78 is 1.84. The van der Waals surface area contributed by atoms with Gasteiger partial charge in [0.25, 0.3) is 0 Å². The third kappa shape index (κ3) is 3.10. The molecule has 0 aliphatic heterocycles. The van der Waals surface area contributed by atoms with Crippen LogP contribution in [0.4, 0.5) is 0 Å². The molecule has 1 rings (SSSR count). The Hall–Kier alpha value is -0.970. The molecule has 1 aromatic rings.